The van der Waals surface area contributed by atoms with Crippen molar-refractivity contribution in [3.05, 3.63) is 74.3 Å². The fourth-order valence-corrected chi connectivity index (χ4v) is 2.55. The van der Waals surface area contributed by atoms with Gasteiger partial charge in [-0.15, -0.1) is 0 Å². The van der Waals surface area contributed by atoms with Crippen molar-refractivity contribution < 1.29 is 14.6 Å². The van der Waals surface area contributed by atoms with Crippen molar-refractivity contribution in [2.24, 2.45) is 0 Å². The number of likely N-dealkylation sites (N-methyl/N-ethyl adjacent to an activating group) is 1. The van der Waals surface area contributed by atoms with Gasteiger partial charge in [0.25, 0.3) is 11.4 Å². The Hall–Kier alpha value is -3.00. The lowest BCUT2D eigenvalue weighted by Crippen LogP contribution is -2.32. The molecule has 0 amide bonds. The fourth-order valence-electron chi connectivity index (χ4n) is 2.55. The van der Waals surface area contributed by atoms with Crippen LogP contribution in [0, 0.1) is 20.2 Å². The predicted molar refractivity (Wildman–Crippen MR) is 97.5 cm³/mol. The van der Waals surface area contributed by atoms with Crippen LogP contribution in [-0.2, 0) is 6.42 Å². The van der Waals surface area contributed by atoms with Gasteiger partial charge in [0.2, 0.25) is 0 Å². The summed E-state index contributed by atoms with van der Waals surface area (Å²) in [5, 5.41) is 21.3. The molecule has 138 valence electrons. The molecule has 0 saturated heterocycles. The Balaban J connectivity index is 1.78. The third kappa shape index (κ3) is 5.82. The molecule has 8 nitrogen and oxygen atoms in total. The van der Waals surface area contributed by atoms with Crippen molar-refractivity contribution in [1.29, 1.82) is 0 Å². The molecule has 0 radical (unpaired) electrons. The molecule has 0 spiro atoms. The maximum absolute atomic E-state index is 10.7. The van der Waals surface area contributed by atoms with Gasteiger partial charge in [-0.05, 0) is 38.1 Å². The summed E-state index contributed by atoms with van der Waals surface area (Å²) < 4.78 is 5.77. The molecule has 2 aromatic carbocycles. The molecule has 1 atom stereocenters. The minimum absolute atomic E-state index is 0.0326. The van der Waals surface area contributed by atoms with Gasteiger partial charge < -0.3 is 9.64 Å². The van der Waals surface area contributed by atoms with E-state index in [1.165, 1.54) is 24.3 Å². The maximum Gasteiger partial charge on any atom is 0.269 e. The Morgan fingerprint density at radius 2 is 1.46 bits per heavy atom. The summed E-state index contributed by atoms with van der Waals surface area (Å²) >= 11 is 0. The van der Waals surface area contributed by atoms with Crippen LogP contribution >= 0.6 is 0 Å². The molecular weight excluding hydrogens is 338 g/mol. The van der Waals surface area contributed by atoms with E-state index in [1.807, 2.05) is 14.0 Å². The number of non-ortho nitro benzene ring substituents is 2. The Labute approximate surface area is 151 Å². The third-order valence-corrected chi connectivity index (χ3v) is 3.88. The molecule has 26 heavy (non-hydrogen) atoms. The quantitative estimate of drug-likeness (QED) is 0.502. The molecule has 0 heterocycles. The smallest absolute Gasteiger partial charge is 0.269 e. The van der Waals surface area contributed by atoms with Crippen LogP contribution in [0.5, 0.6) is 5.75 Å². The monoisotopic (exact) mass is 359 g/mol. The van der Waals surface area contributed by atoms with Crippen LogP contribution in [0.25, 0.3) is 0 Å². The summed E-state index contributed by atoms with van der Waals surface area (Å²) in [7, 11) is 1.97. The highest BCUT2D eigenvalue weighted by atomic mass is 16.6. The van der Waals surface area contributed by atoms with Crippen molar-refractivity contribution in [1.82, 2.24) is 4.90 Å². The van der Waals surface area contributed by atoms with Crippen molar-refractivity contribution in [2.75, 3.05) is 20.1 Å². The first-order valence-corrected chi connectivity index (χ1v) is 8.18. The molecule has 0 N–H and O–H groups in total. The average Bonchev–Trinajstić information content (AvgIpc) is 2.60. The first-order valence-electron chi connectivity index (χ1n) is 8.18. The van der Waals surface area contributed by atoms with Gasteiger partial charge >= 0.3 is 0 Å². The lowest BCUT2D eigenvalue weighted by atomic mass is 10.1. The van der Waals surface area contributed by atoms with Gasteiger partial charge in [-0.3, -0.25) is 20.2 Å². The summed E-state index contributed by atoms with van der Waals surface area (Å²) in [5.41, 5.74) is 1.16. The second-order valence-corrected chi connectivity index (χ2v) is 6.12. The second-order valence-electron chi connectivity index (χ2n) is 6.12. The van der Waals surface area contributed by atoms with Gasteiger partial charge in [0.1, 0.15) is 11.9 Å². The minimum atomic E-state index is -0.445. The SMILES string of the molecule is CC(CN(C)CCc1ccc([N+](=O)[O-])cc1)Oc1ccc([N+](=O)[O-])cc1. The number of nitrogens with zero attached hydrogens (tertiary/aromatic N) is 3. The summed E-state index contributed by atoms with van der Waals surface area (Å²) in [5.74, 6) is 0.590. The molecule has 0 aromatic heterocycles. The zero-order chi connectivity index (χ0) is 19.1. The number of nitro groups is 2. The van der Waals surface area contributed by atoms with Gasteiger partial charge in [-0.1, -0.05) is 12.1 Å². The summed E-state index contributed by atoms with van der Waals surface area (Å²) in [6.07, 6.45) is 0.692. The third-order valence-electron chi connectivity index (χ3n) is 3.88. The van der Waals surface area contributed by atoms with Crippen molar-refractivity contribution in [2.45, 2.75) is 19.4 Å². The zero-order valence-electron chi connectivity index (χ0n) is 14.7. The van der Waals surface area contributed by atoms with Crippen molar-refractivity contribution in [3.8, 4) is 5.75 Å². The van der Waals surface area contributed by atoms with Crippen LogP contribution in [0.15, 0.2) is 48.5 Å². The number of rotatable bonds is 9. The van der Waals surface area contributed by atoms with Crippen LogP contribution in [0.1, 0.15) is 12.5 Å². The number of hydrogen-bond acceptors (Lipinski definition) is 6. The Morgan fingerprint density at radius 3 is 1.96 bits per heavy atom. The Morgan fingerprint density at radius 1 is 0.962 bits per heavy atom. The van der Waals surface area contributed by atoms with E-state index in [1.54, 1.807) is 24.3 Å². The summed E-state index contributed by atoms with van der Waals surface area (Å²) in [4.78, 5) is 22.6. The molecule has 0 bridgehead atoms. The van der Waals surface area contributed by atoms with Gasteiger partial charge in [0.15, 0.2) is 0 Å². The topological polar surface area (TPSA) is 98.8 Å². The van der Waals surface area contributed by atoms with E-state index in [9.17, 15) is 20.2 Å². The van der Waals surface area contributed by atoms with E-state index in [-0.39, 0.29) is 17.5 Å². The predicted octanol–water partition coefficient (Wildman–Crippen LogP) is 3.44. The van der Waals surface area contributed by atoms with E-state index in [2.05, 4.69) is 4.90 Å². The molecule has 8 heteroatoms. The summed E-state index contributed by atoms with van der Waals surface area (Å²) in [6.45, 7) is 3.40. The molecular formula is C18H21N3O5. The second kappa shape index (κ2) is 8.91. The average molecular weight is 359 g/mol. The molecule has 2 aromatic rings. The molecule has 0 aliphatic rings. The normalized spacial score (nSPS) is 12.0. The van der Waals surface area contributed by atoms with E-state index in [0.29, 0.717) is 12.3 Å². The first-order chi connectivity index (χ1) is 12.3. The van der Waals surface area contributed by atoms with Gasteiger partial charge in [-0.25, -0.2) is 0 Å². The lowest BCUT2D eigenvalue weighted by Gasteiger charge is -2.22. The van der Waals surface area contributed by atoms with Crippen molar-refractivity contribution in [3.63, 3.8) is 0 Å². The van der Waals surface area contributed by atoms with Crippen LogP contribution in [0.4, 0.5) is 11.4 Å². The molecule has 0 aliphatic carbocycles. The largest absolute Gasteiger partial charge is 0.489 e. The number of nitro benzene ring substituents is 2. The van der Waals surface area contributed by atoms with Gasteiger partial charge in [0, 0.05) is 37.4 Å². The van der Waals surface area contributed by atoms with E-state index < -0.39 is 9.85 Å². The Bertz CT molecular complexity index is 746. The van der Waals surface area contributed by atoms with Gasteiger partial charge in [0.05, 0.1) is 9.85 Å². The van der Waals surface area contributed by atoms with E-state index in [4.69, 9.17) is 4.74 Å². The highest BCUT2D eigenvalue weighted by molar-refractivity contribution is 5.36. The number of benzene rings is 2. The molecule has 2 rings (SSSR count). The van der Waals surface area contributed by atoms with Gasteiger partial charge in [-0.2, -0.15) is 0 Å². The summed E-state index contributed by atoms with van der Waals surface area (Å²) in [6, 6.07) is 12.6. The van der Waals surface area contributed by atoms with Crippen LogP contribution in [0.2, 0.25) is 0 Å². The fraction of sp³-hybridized carbons (Fsp3) is 0.333. The van der Waals surface area contributed by atoms with Crippen LogP contribution in [-0.4, -0.2) is 41.0 Å². The van der Waals surface area contributed by atoms with Crippen LogP contribution < -0.4 is 4.74 Å². The molecule has 0 fully saturated rings. The number of ether oxygens (including phenoxy) is 1. The minimum Gasteiger partial charge on any atom is -0.489 e. The zero-order valence-corrected chi connectivity index (χ0v) is 14.7. The lowest BCUT2D eigenvalue weighted by molar-refractivity contribution is -0.385. The highest BCUT2D eigenvalue weighted by Crippen LogP contribution is 2.18. The first kappa shape index (κ1) is 19.3. The van der Waals surface area contributed by atoms with Crippen molar-refractivity contribution >= 4 is 11.4 Å². The Kier molecular flexibility index (Phi) is 6.62. The number of hydrogen-bond donors (Lipinski definition) is 0. The maximum atomic E-state index is 10.7. The van der Waals surface area contributed by atoms with Crippen LogP contribution in [0.3, 0.4) is 0 Å². The standard InChI is InChI=1S/C18H21N3O5/c1-14(26-18-9-7-17(8-10-18)21(24)25)13-19(2)12-11-15-3-5-16(6-4-15)20(22)23/h3-10,14H,11-13H2,1-2H3. The molecule has 1 unspecified atom stereocenters. The molecule has 0 aliphatic heterocycles. The highest BCUT2D eigenvalue weighted by Gasteiger charge is 2.11. The van der Waals surface area contributed by atoms with E-state index >= 15 is 0 Å². The van der Waals surface area contributed by atoms with E-state index in [0.717, 1.165) is 18.5 Å². The molecule has 0 saturated carbocycles.